The summed E-state index contributed by atoms with van der Waals surface area (Å²) in [5.41, 5.74) is 0. The second-order valence-electron chi connectivity index (χ2n) is 6.07. The van der Waals surface area contributed by atoms with Crippen LogP contribution in [0, 0.1) is 5.92 Å². The van der Waals surface area contributed by atoms with Crippen LogP contribution in [0.5, 0.6) is 0 Å². The summed E-state index contributed by atoms with van der Waals surface area (Å²) in [6.07, 6.45) is 12.9. The van der Waals surface area contributed by atoms with Crippen molar-refractivity contribution >= 4 is 0 Å². The molecule has 2 aliphatic rings. The van der Waals surface area contributed by atoms with Gasteiger partial charge in [-0.15, -0.1) is 0 Å². The molecule has 0 aliphatic heterocycles. The average molecular weight is 239 g/mol. The molecule has 0 heterocycles. The zero-order valence-corrected chi connectivity index (χ0v) is 11.6. The molecule has 0 saturated heterocycles. The van der Waals surface area contributed by atoms with Gasteiger partial charge in [0.15, 0.2) is 0 Å². The summed E-state index contributed by atoms with van der Waals surface area (Å²) in [5, 5.41) is 3.87. The first kappa shape index (κ1) is 13.4. The van der Waals surface area contributed by atoms with Crippen LogP contribution >= 0.6 is 0 Å². The molecule has 3 unspecified atom stereocenters. The van der Waals surface area contributed by atoms with Gasteiger partial charge in [0.25, 0.3) is 0 Å². The van der Waals surface area contributed by atoms with E-state index in [4.69, 9.17) is 4.74 Å². The van der Waals surface area contributed by atoms with Gasteiger partial charge in [0, 0.05) is 19.2 Å². The van der Waals surface area contributed by atoms with Crippen molar-refractivity contribution in [1.82, 2.24) is 5.32 Å². The highest BCUT2D eigenvalue weighted by Crippen LogP contribution is 2.28. The minimum absolute atomic E-state index is 0.500. The van der Waals surface area contributed by atoms with Crippen LogP contribution in [-0.2, 0) is 4.74 Å². The van der Waals surface area contributed by atoms with Crippen LogP contribution in [0.1, 0.15) is 64.7 Å². The Morgan fingerprint density at radius 1 is 1.00 bits per heavy atom. The summed E-state index contributed by atoms with van der Waals surface area (Å²) < 4.78 is 5.51. The Kier molecular flexibility index (Phi) is 5.30. The second kappa shape index (κ2) is 6.75. The topological polar surface area (TPSA) is 21.3 Å². The molecule has 0 amide bonds. The maximum Gasteiger partial charge on any atom is 0.0586 e. The van der Waals surface area contributed by atoms with E-state index < -0.39 is 0 Å². The van der Waals surface area contributed by atoms with E-state index in [1.54, 1.807) is 0 Å². The molecule has 2 nitrogen and oxygen atoms in total. The molecule has 1 N–H and O–H groups in total. The van der Waals surface area contributed by atoms with Gasteiger partial charge >= 0.3 is 0 Å². The molecule has 0 radical (unpaired) electrons. The molecule has 0 bridgehead atoms. The highest BCUT2D eigenvalue weighted by molar-refractivity contribution is 4.83. The van der Waals surface area contributed by atoms with Crippen molar-refractivity contribution in [1.29, 1.82) is 0 Å². The average Bonchev–Trinajstić information content (AvgIpc) is 2.40. The Labute approximate surface area is 107 Å². The molecule has 0 aromatic rings. The number of rotatable bonds is 4. The lowest BCUT2D eigenvalue weighted by Crippen LogP contribution is -2.44. The van der Waals surface area contributed by atoms with E-state index in [1.165, 1.54) is 57.8 Å². The van der Waals surface area contributed by atoms with Crippen LogP contribution in [0.25, 0.3) is 0 Å². The third-order valence-electron chi connectivity index (χ3n) is 4.81. The normalized spacial score (nSPS) is 33.5. The van der Waals surface area contributed by atoms with Crippen molar-refractivity contribution in [2.45, 2.75) is 82.9 Å². The highest BCUT2D eigenvalue weighted by Gasteiger charge is 2.26. The smallest absolute Gasteiger partial charge is 0.0586 e. The maximum absolute atomic E-state index is 5.51. The van der Waals surface area contributed by atoms with E-state index in [9.17, 15) is 0 Å². The SMILES string of the molecule is COC1CCCC(NC(C)C2CCCCC2)C1. The van der Waals surface area contributed by atoms with Crippen molar-refractivity contribution in [2.24, 2.45) is 5.92 Å². The van der Waals surface area contributed by atoms with E-state index >= 15 is 0 Å². The van der Waals surface area contributed by atoms with E-state index in [2.05, 4.69) is 12.2 Å². The molecule has 2 rings (SSSR count). The minimum Gasteiger partial charge on any atom is -0.381 e. The predicted octanol–water partition coefficient (Wildman–Crippen LogP) is 3.50. The van der Waals surface area contributed by atoms with Crippen LogP contribution < -0.4 is 5.32 Å². The van der Waals surface area contributed by atoms with Crippen LogP contribution in [0.4, 0.5) is 0 Å². The molecule has 2 heteroatoms. The summed E-state index contributed by atoms with van der Waals surface area (Å²) in [6.45, 7) is 2.40. The summed E-state index contributed by atoms with van der Waals surface area (Å²) in [6, 6.07) is 1.40. The zero-order chi connectivity index (χ0) is 12.1. The molecular weight excluding hydrogens is 210 g/mol. The third kappa shape index (κ3) is 3.96. The number of methoxy groups -OCH3 is 1. The first-order chi connectivity index (χ1) is 8.29. The summed E-state index contributed by atoms with van der Waals surface area (Å²) in [7, 11) is 1.86. The largest absolute Gasteiger partial charge is 0.381 e. The van der Waals surface area contributed by atoms with Crippen molar-refractivity contribution in [3.63, 3.8) is 0 Å². The zero-order valence-electron chi connectivity index (χ0n) is 11.6. The molecule has 100 valence electrons. The number of ether oxygens (including phenoxy) is 1. The molecule has 2 saturated carbocycles. The Morgan fingerprint density at radius 2 is 1.76 bits per heavy atom. The Hall–Kier alpha value is -0.0800. The van der Waals surface area contributed by atoms with Gasteiger partial charge in [0.05, 0.1) is 6.10 Å². The molecule has 0 aromatic heterocycles. The number of hydrogen-bond donors (Lipinski definition) is 1. The van der Waals surface area contributed by atoms with Gasteiger partial charge in [-0.05, 0) is 51.4 Å². The Balaban J connectivity index is 1.74. The van der Waals surface area contributed by atoms with Crippen molar-refractivity contribution < 1.29 is 4.74 Å². The van der Waals surface area contributed by atoms with Crippen molar-refractivity contribution in [3.8, 4) is 0 Å². The third-order valence-corrected chi connectivity index (χ3v) is 4.81. The lowest BCUT2D eigenvalue weighted by Gasteiger charge is -2.35. The lowest BCUT2D eigenvalue weighted by atomic mass is 9.83. The van der Waals surface area contributed by atoms with Crippen molar-refractivity contribution in [3.05, 3.63) is 0 Å². The molecular formula is C15H29NO. The fourth-order valence-corrected chi connectivity index (χ4v) is 3.65. The molecule has 2 fully saturated rings. The standard InChI is InChI=1S/C15H29NO/c1-12(13-7-4-3-5-8-13)16-14-9-6-10-15(11-14)17-2/h12-16H,3-11H2,1-2H3. The predicted molar refractivity (Wildman–Crippen MR) is 72.2 cm³/mol. The highest BCUT2D eigenvalue weighted by atomic mass is 16.5. The van der Waals surface area contributed by atoms with Gasteiger partial charge in [-0.25, -0.2) is 0 Å². The van der Waals surface area contributed by atoms with E-state index in [0.717, 1.165) is 5.92 Å². The maximum atomic E-state index is 5.51. The minimum atomic E-state index is 0.500. The van der Waals surface area contributed by atoms with Crippen LogP contribution in [0.15, 0.2) is 0 Å². The quantitative estimate of drug-likeness (QED) is 0.810. The molecule has 0 aromatic carbocycles. The monoisotopic (exact) mass is 239 g/mol. The molecule has 3 atom stereocenters. The number of hydrogen-bond acceptors (Lipinski definition) is 2. The van der Waals surface area contributed by atoms with E-state index in [0.29, 0.717) is 18.2 Å². The van der Waals surface area contributed by atoms with E-state index in [-0.39, 0.29) is 0 Å². The second-order valence-corrected chi connectivity index (χ2v) is 6.07. The first-order valence-corrected chi connectivity index (χ1v) is 7.58. The summed E-state index contributed by atoms with van der Waals surface area (Å²) in [4.78, 5) is 0. The fraction of sp³-hybridized carbons (Fsp3) is 1.00. The Morgan fingerprint density at radius 3 is 2.47 bits per heavy atom. The van der Waals surface area contributed by atoms with Gasteiger partial charge in [0.2, 0.25) is 0 Å². The van der Waals surface area contributed by atoms with Gasteiger partial charge in [-0.3, -0.25) is 0 Å². The fourth-order valence-electron chi connectivity index (χ4n) is 3.65. The van der Waals surface area contributed by atoms with E-state index in [1.807, 2.05) is 7.11 Å². The van der Waals surface area contributed by atoms with Gasteiger partial charge in [-0.2, -0.15) is 0 Å². The van der Waals surface area contributed by atoms with Gasteiger partial charge in [-0.1, -0.05) is 19.3 Å². The molecule has 17 heavy (non-hydrogen) atoms. The van der Waals surface area contributed by atoms with Gasteiger partial charge in [0.1, 0.15) is 0 Å². The Bertz CT molecular complexity index is 213. The molecule has 0 spiro atoms. The van der Waals surface area contributed by atoms with Crippen LogP contribution in [-0.4, -0.2) is 25.3 Å². The van der Waals surface area contributed by atoms with Crippen LogP contribution in [0.3, 0.4) is 0 Å². The summed E-state index contributed by atoms with van der Waals surface area (Å²) in [5.74, 6) is 0.923. The van der Waals surface area contributed by atoms with Gasteiger partial charge < -0.3 is 10.1 Å². The number of nitrogens with one attached hydrogen (secondary N) is 1. The van der Waals surface area contributed by atoms with Crippen molar-refractivity contribution in [2.75, 3.05) is 7.11 Å². The molecule has 2 aliphatic carbocycles. The summed E-state index contributed by atoms with van der Waals surface area (Å²) >= 11 is 0. The lowest BCUT2D eigenvalue weighted by molar-refractivity contribution is 0.0551. The first-order valence-electron chi connectivity index (χ1n) is 7.58. The van der Waals surface area contributed by atoms with Crippen LogP contribution in [0.2, 0.25) is 0 Å².